The predicted octanol–water partition coefficient (Wildman–Crippen LogP) is 4.71. The first kappa shape index (κ1) is 19.4. The molecule has 0 fully saturated rings. The van der Waals surface area contributed by atoms with E-state index in [2.05, 4.69) is 13.8 Å². The molecule has 142 valence electrons. The molecule has 1 N–H and O–H groups in total. The maximum atomic E-state index is 12.5. The molecule has 1 heterocycles. The number of fused-ring (bicyclic) bond motifs is 1. The lowest BCUT2D eigenvalue weighted by Crippen LogP contribution is -2.30. The number of carboxylic acid groups (broad SMARTS) is 1. The monoisotopic (exact) mass is 384 g/mol. The van der Waals surface area contributed by atoms with Gasteiger partial charge in [0.1, 0.15) is 0 Å². The van der Waals surface area contributed by atoms with Gasteiger partial charge in [-0.1, -0.05) is 32.1 Å². The average Bonchev–Trinajstić information content (AvgIpc) is 2.59. The van der Waals surface area contributed by atoms with E-state index in [1.54, 1.807) is 30.3 Å². The summed E-state index contributed by atoms with van der Waals surface area (Å²) in [7, 11) is -3.22. The van der Waals surface area contributed by atoms with Gasteiger partial charge in [-0.2, -0.15) is 0 Å². The van der Waals surface area contributed by atoms with Crippen LogP contribution in [0, 0.1) is 6.92 Å². The number of hydrogen-bond acceptors (Lipinski definition) is 3. The Labute approximate surface area is 160 Å². The Balaban J connectivity index is 2.08. The lowest BCUT2D eigenvalue weighted by Gasteiger charge is -2.33. The minimum Gasteiger partial charge on any atom is -0.478 e. The molecule has 1 aliphatic rings. The molecule has 0 saturated heterocycles. The average molecular weight is 384 g/mol. The van der Waals surface area contributed by atoms with Gasteiger partial charge < -0.3 is 5.11 Å². The molecule has 0 spiro atoms. The molecule has 3 rings (SSSR count). The fourth-order valence-corrected chi connectivity index (χ4v) is 5.60. The second kappa shape index (κ2) is 6.64. The Bertz CT molecular complexity index is 1040. The third-order valence-electron chi connectivity index (χ3n) is 5.35. The van der Waals surface area contributed by atoms with Crippen LogP contribution in [-0.4, -0.2) is 25.2 Å². The summed E-state index contributed by atoms with van der Waals surface area (Å²) in [5, 5.41) is 9.01. The topological polar surface area (TPSA) is 71.4 Å². The highest BCUT2D eigenvalue weighted by Crippen LogP contribution is 2.40. The maximum absolute atomic E-state index is 12.5. The Hall–Kier alpha value is -2.40. The molecule has 0 radical (unpaired) electrons. The molecular formula is C22H24O4S. The number of allylic oxidation sites excluding steroid dienone is 1. The lowest BCUT2D eigenvalue weighted by molar-refractivity contribution is 0.0697. The first-order valence-electron chi connectivity index (χ1n) is 8.91. The third-order valence-corrected chi connectivity index (χ3v) is 7.10. The number of hydrogen-bond donors (Lipinski definition) is 1. The Morgan fingerprint density at radius 3 is 2.37 bits per heavy atom. The van der Waals surface area contributed by atoms with E-state index < -0.39 is 15.8 Å². The van der Waals surface area contributed by atoms with Gasteiger partial charge in [0.05, 0.1) is 16.2 Å². The minimum absolute atomic E-state index is 0.188. The fourth-order valence-electron chi connectivity index (χ4n) is 3.58. The van der Waals surface area contributed by atoms with Crippen molar-refractivity contribution in [3.63, 3.8) is 0 Å². The molecule has 0 aromatic heterocycles. The first-order valence-corrected chi connectivity index (χ1v) is 10.6. The number of aryl methyl sites for hydroxylation is 1. The quantitative estimate of drug-likeness (QED) is 0.778. The van der Waals surface area contributed by atoms with Gasteiger partial charge in [-0.15, -0.1) is 0 Å². The second-order valence-corrected chi connectivity index (χ2v) is 9.95. The highest BCUT2D eigenvalue weighted by atomic mass is 32.2. The van der Waals surface area contributed by atoms with Crippen molar-refractivity contribution in [3.05, 3.63) is 64.2 Å². The summed E-state index contributed by atoms with van der Waals surface area (Å²) in [5.41, 5.74) is 4.79. The zero-order valence-corrected chi connectivity index (χ0v) is 16.9. The first-order chi connectivity index (χ1) is 12.5. The summed E-state index contributed by atoms with van der Waals surface area (Å²) in [4.78, 5) is 11.4. The van der Waals surface area contributed by atoms with Crippen molar-refractivity contribution in [2.75, 3.05) is 5.75 Å². The van der Waals surface area contributed by atoms with E-state index in [9.17, 15) is 13.2 Å². The van der Waals surface area contributed by atoms with Crippen LogP contribution in [0.2, 0.25) is 0 Å². The van der Waals surface area contributed by atoms with Crippen molar-refractivity contribution in [1.82, 2.24) is 0 Å². The predicted molar refractivity (Wildman–Crippen MR) is 108 cm³/mol. The molecule has 27 heavy (non-hydrogen) atoms. The molecule has 0 atom stereocenters. The standard InChI is InChI=1S/C22H24O4S/c1-14(11-16-5-7-17(8-6-16)21(23)24)18-13-19-20(12-15(18)2)27(25,26)10-9-22(19,3)4/h5-8,11-13H,9-10H2,1-4H3,(H,23,24)/b14-11+. The minimum atomic E-state index is -3.22. The van der Waals surface area contributed by atoms with Gasteiger partial charge in [0.25, 0.3) is 0 Å². The van der Waals surface area contributed by atoms with Gasteiger partial charge in [-0.3, -0.25) is 0 Å². The van der Waals surface area contributed by atoms with Gasteiger partial charge in [0.2, 0.25) is 0 Å². The molecule has 5 heteroatoms. The molecule has 0 saturated carbocycles. The summed E-state index contributed by atoms with van der Waals surface area (Å²) in [6, 6.07) is 10.5. The molecular weight excluding hydrogens is 360 g/mol. The van der Waals surface area contributed by atoms with Gasteiger partial charge in [0.15, 0.2) is 9.84 Å². The Morgan fingerprint density at radius 2 is 1.78 bits per heavy atom. The molecule has 0 bridgehead atoms. The third kappa shape index (κ3) is 3.69. The smallest absolute Gasteiger partial charge is 0.335 e. The summed E-state index contributed by atoms with van der Waals surface area (Å²) >= 11 is 0. The number of benzene rings is 2. The molecule has 2 aromatic rings. The lowest BCUT2D eigenvalue weighted by atomic mass is 9.80. The van der Waals surface area contributed by atoms with Crippen LogP contribution in [-0.2, 0) is 15.3 Å². The van der Waals surface area contributed by atoms with Crippen LogP contribution >= 0.6 is 0 Å². The van der Waals surface area contributed by atoms with Crippen LogP contribution < -0.4 is 0 Å². The summed E-state index contributed by atoms with van der Waals surface area (Å²) < 4.78 is 25.0. The molecule has 4 nitrogen and oxygen atoms in total. The van der Waals surface area contributed by atoms with Crippen LogP contribution in [0.5, 0.6) is 0 Å². The van der Waals surface area contributed by atoms with E-state index in [0.717, 1.165) is 27.8 Å². The van der Waals surface area contributed by atoms with Crippen molar-refractivity contribution in [3.8, 4) is 0 Å². The fraction of sp³-hybridized carbons (Fsp3) is 0.318. The molecule has 0 amide bonds. The number of carboxylic acids is 1. The normalized spacial score (nSPS) is 18.0. The van der Waals surface area contributed by atoms with Crippen molar-refractivity contribution >= 4 is 27.5 Å². The number of carbonyl (C=O) groups is 1. The molecule has 0 unspecified atom stereocenters. The number of rotatable bonds is 3. The maximum Gasteiger partial charge on any atom is 0.335 e. The van der Waals surface area contributed by atoms with E-state index in [1.165, 1.54) is 0 Å². The van der Waals surface area contributed by atoms with E-state index >= 15 is 0 Å². The molecule has 1 aliphatic heterocycles. The number of aromatic carboxylic acids is 1. The van der Waals surface area contributed by atoms with Gasteiger partial charge in [-0.25, -0.2) is 13.2 Å². The second-order valence-electron chi connectivity index (χ2n) is 7.87. The molecule has 0 aliphatic carbocycles. The van der Waals surface area contributed by atoms with Gasteiger partial charge in [-0.05, 0) is 77.8 Å². The van der Waals surface area contributed by atoms with Gasteiger partial charge >= 0.3 is 5.97 Å². The van der Waals surface area contributed by atoms with E-state index in [1.807, 2.05) is 26.0 Å². The van der Waals surface area contributed by atoms with Crippen molar-refractivity contribution in [1.29, 1.82) is 0 Å². The largest absolute Gasteiger partial charge is 0.478 e. The van der Waals surface area contributed by atoms with Gasteiger partial charge in [0, 0.05) is 0 Å². The van der Waals surface area contributed by atoms with E-state index in [-0.39, 0.29) is 16.7 Å². The summed E-state index contributed by atoms with van der Waals surface area (Å²) in [6.45, 7) is 8.09. The highest BCUT2D eigenvalue weighted by molar-refractivity contribution is 7.91. The van der Waals surface area contributed by atoms with Crippen LogP contribution in [0.25, 0.3) is 11.6 Å². The van der Waals surface area contributed by atoms with Crippen LogP contribution in [0.15, 0.2) is 41.3 Å². The van der Waals surface area contributed by atoms with Crippen molar-refractivity contribution < 1.29 is 18.3 Å². The number of sulfone groups is 1. The highest BCUT2D eigenvalue weighted by Gasteiger charge is 2.36. The van der Waals surface area contributed by atoms with Crippen molar-refractivity contribution in [2.45, 2.75) is 44.4 Å². The Morgan fingerprint density at radius 1 is 1.15 bits per heavy atom. The zero-order chi connectivity index (χ0) is 20.0. The van der Waals surface area contributed by atoms with Crippen LogP contribution in [0.1, 0.15) is 59.8 Å². The van der Waals surface area contributed by atoms with E-state index in [0.29, 0.717) is 11.3 Å². The van der Waals surface area contributed by atoms with Crippen LogP contribution in [0.4, 0.5) is 0 Å². The van der Waals surface area contributed by atoms with Crippen molar-refractivity contribution in [2.24, 2.45) is 0 Å². The SMILES string of the molecule is C/C(=C\c1ccc(C(=O)O)cc1)c1cc2c(cc1C)S(=O)(=O)CCC2(C)C. The summed E-state index contributed by atoms with van der Waals surface area (Å²) in [5.74, 6) is -0.757. The summed E-state index contributed by atoms with van der Waals surface area (Å²) in [6.07, 6.45) is 2.61. The van der Waals surface area contributed by atoms with Crippen LogP contribution in [0.3, 0.4) is 0 Å². The molecule has 2 aromatic carbocycles. The zero-order valence-electron chi connectivity index (χ0n) is 16.0. The Kier molecular flexibility index (Phi) is 4.76. The van der Waals surface area contributed by atoms with E-state index in [4.69, 9.17) is 5.11 Å².